The molecule has 20 heavy (non-hydrogen) atoms. The second-order valence-corrected chi connectivity index (χ2v) is 6.45. The van der Waals surface area contributed by atoms with E-state index in [-0.39, 0.29) is 6.54 Å². The standard InChI is InChI=1S/C15H18N2O2S/c1-3-17(12-14-9-7-8-13(2)16-14)20(18,19)15-10-5-4-6-11-15/h4-11H,3,12H2,1-2H3. The normalized spacial score (nSPS) is 11.8. The average molecular weight is 290 g/mol. The summed E-state index contributed by atoms with van der Waals surface area (Å²) in [6.45, 7) is 4.42. The van der Waals surface area contributed by atoms with Crippen LogP contribution in [0.2, 0.25) is 0 Å². The first-order valence-corrected chi connectivity index (χ1v) is 7.96. The van der Waals surface area contributed by atoms with Crippen molar-refractivity contribution in [1.82, 2.24) is 9.29 Å². The molecule has 2 aromatic rings. The highest BCUT2D eigenvalue weighted by atomic mass is 32.2. The van der Waals surface area contributed by atoms with Gasteiger partial charge in [0.05, 0.1) is 17.1 Å². The van der Waals surface area contributed by atoms with Crippen molar-refractivity contribution in [2.24, 2.45) is 0 Å². The van der Waals surface area contributed by atoms with Gasteiger partial charge in [-0.05, 0) is 31.2 Å². The maximum absolute atomic E-state index is 12.6. The van der Waals surface area contributed by atoms with Crippen LogP contribution in [0.15, 0.2) is 53.4 Å². The SMILES string of the molecule is CCN(Cc1cccc(C)n1)S(=O)(=O)c1ccccc1. The largest absolute Gasteiger partial charge is 0.257 e. The monoisotopic (exact) mass is 290 g/mol. The van der Waals surface area contributed by atoms with E-state index in [2.05, 4.69) is 4.98 Å². The Kier molecular flexibility index (Phi) is 4.52. The molecule has 106 valence electrons. The Morgan fingerprint density at radius 3 is 2.35 bits per heavy atom. The number of sulfonamides is 1. The Morgan fingerprint density at radius 1 is 1.05 bits per heavy atom. The van der Waals surface area contributed by atoms with Gasteiger partial charge < -0.3 is 0 Å². The van der Waals surface area contributed by atoms with Crippen molar-refractivity contribution in [2.75, 3.05) is 6.54 Å². The molecule has 5 heteroatoms. The molecule has 0 aliphatic carbocycles. The van der Waals surface area contributed by atoms with E-state index in [9.17, 15) is 8.42 Å². The number of hydrogen-bond donors (Lipinski definition) is 0. The number of aryl methyl sites for hydroxylation is 1. The molecule has 1 aromatic carbocycles. The summed E-state index contributed by atoms with van der Waals surface area (Å²) in [5, 5.41) is 0. The summed E-state index contributed by atoms with van der Waals surface area (Å²) in [6.07, 6.45) is 0. The molecule has 0 saturated heterocycles. The quantitative estimate of drug-likeness (QED) is 0.850. The molecule has 2 rings (SSSR count). The van der Waals surface area contributed by atoms with Crippen LogP contribution in [-0.2, 0) is 16.6 Å². The van der Waals surface area contributed by atoms with Crippen LogP contribution >= 0.6 is 0 Å². The first-order chi connectivity index (χ1) is 9.54. The molecule has 0 bridgehead atoms. The second kappa shape index (κ2) is 6.15. The van der Waals surface area contributed by atoms with Crippen molar-refractivity contribution >= 4 is 10.0 Å². The van der Waals surface area contributed by atoms with Gasteiger partial charge in [-0.15, -0.1) is 0 Å². The number of rotatable bonds is 5. The van der Waals surface area contributed by atoms with Crippen molar-refractivity contribution in [3.8, 4) is 0 Å². The molecule has 0 N–H and O–H groups in total. The maximum Gasteiger partial charge on any atom is 0.243 e. The lowest BCUT2D eigenvalue weighted by Crippen LogP contribution is -2.30. The van der Waals surface area contributed by atoms with Crippen LogP contribution < -0.4 is 0 Å². The molecule has 0 unspecified atom stereocenters. The van der Waals surface area contributed by atoms with Crippen LogP contribution in [0.4, 0.5) is 0 Å². The Bertz CT molecular complexity index is 669. The Hall–Kier alpha value is -1.72. The van der Waals surface area contributed by atoms with Gasteiger partial charge >= 0.3 is 0 Å². The van der Waals surface area contributed by atoms with Crippen LogP contribution in [0.5, 0.6) is 0 Å². The molecule has 0 amide bonds. The average Bonchev–Trinajstić information content (AvgIpc) is 2.45. The van der Waals surface area contributed by atoms with Gasteiger partial charge in [0.25, 0.3) is 0 Å². The number of benzene rings is 1. The number of aromatic nitrogens is 1. The van der Waals surface area contributed by atoms with Gasteiger partial charge in [-0.1, -0.05) is 31.2 Å². The smallest absolute Gasteiger partial charge is 0.243 e. The lowest BCUT2D eigenvalue weighted by Gasteiger charge is -2.20. The van der Waals surface area contributed by atoms with E-state index in [1.165, 1.54) is 4.31 Å². The minimum atomic E-state index is -3.47. The molecular formula is C15H18N2O2S. The zero-order valence-corrected chi connectivity index (χ0v) is 12.5. The van der Waals surface area contributed by atoms with Gasteiger partial charge in [0.15, 0.2) is 0 Å². The van der Waals surface area contributed by atoms with Gasteiger partial charge in [-0.25, -0.2) is 8.42 Å². The van der Waals surface area contributed by atoms with Gasteiger partial charge in [-0.2, -0.15) is 4.31 Å². The Balaban J connectivity index is 2.29. The lowest BCUT2D eigenvalue weighted by atomic mass is 10.3. The van der Waals surface area contributed by atoms with Crippen LogP contribution in [-0.4, -0.2) is 24.3 Å². The van der Waals surface area contributed by atoms with Crippen molar-refractivity contribution in [3.63, 3.8) is 0 Å². The lowest BCUT2D eigenvalue weighted by molar-refractivity contribution is 0.419. The van der Waals surface area contributed by atoms with E-state index in [0.717, 1.165) is 11.4 Å². The summed E-state index contributed by atoms with van der Waals surface area (Å²) in [7, 11) is -3.47. The highest BCUT2D eigenvalue weighted by Gasteiger charge is 2.23. The Morgan fingerprint density at radius 2 is 1.75 bits per heavy atom. The fourth-order valence-corrected chi connectivity index (χ4v) is 3.42. The van der Waals surface area contributed by atoms with Crippen LogP contribution in [0.3, 0.4) is 0 Å². The predicted octanol–water partition coefficient (Wildman–Crippen LogP) is 2.60. The van der Waals surface area contributed by atoms with Crippen LogP contribution in [0, 0.1) is 6.92 Å². The zero-order valence-electron chi connectivity index (χ0n) is 11.7. The van der Waals surface area contributed by atoms with E-state index in [4.69, 9.17) is 0 Å². The van der Waals surface area contributed by atoms with Gasteiger partial charge in [0.2, 0.25) is 10.0 Å². The molecule has 0 atom stereocenters. The Labute approximate surface area is 120 Å². The maximum atomic E-state index is 12.6. The van der Waals surface area contributed by atoms with E-state index in [0.29, 0.717) is 11.4 Å². The van der Waals surface area contributed by atoms with E-state index in [1.807, 2.05) is 32.0 Å². The molecule has 0 radical (unpaired) electrons. The fraction of sp³-hybridized carbons (Fsp3) is 0.267. The molecule has 0 spiro atoms. The summed E-state index contributed by atoms with van der Waals surface area (Å²) in [6, 6.07) is 14.1. The fourth-order valence-electron chi connectivity index (χ4n) is 1.98. The minimum absolute atomic E-state index is 0.287. The molecule has 4 nitrogen and oxygen atoms in total. The minimum Gasteiger partial charge on any atom is -0.257 e. The van der Waals surface area contributed by atoms with E-state index in [1.54, 1.807) is 30.3 Å². The van der Waals surface area contributed by atoms with Crippen molar-refractivity contribution in [1.29, 1.82) is 0 Å². The van der Waals surface area contributed by atoms with Crippen LogP contribution in [0.1, 0.15) is 18.3 Å². The third-order valence-corrected chi connectivity index (χ3v) is 4.95. The van der Waals surface area contributed by atoms with Crippen molar-refractivity contribution in [3.05, 3.63) is 59.9 Å². The highest BCUT2D eigenvalue weighted by Crippen LogP contribution is 2.17. The first-order valence-electron chi connectivity index (χ1n) is 6.52. The summed E-state index contributed by atoms with van der Waals surface area (Å²) >= 11 is 0. The molecule has 0 aliphatic heterocycles. The number of nitrogens with zero attached hydrogens (tertiary/aromatic N) is 2. The number of pyridine rings is 1. The molecule has 0 fully saturated rings. The van der Waals surface area contributed by atoms with Crippen molar-refractivity contribution < 1.29 is 8.42 Å². The topological polar surface area (TPSA) is 50.3 Å². The highest BCUT2D eigenvalue weighted by molar-refractivity contribution is 7.89. The molecule has 0 saturated carbocycles. The van der Waals surface area contributed by atoms with E-state index < -0.39 is 10.0 Å². The third-order valence-electron chi connectivity index (χ3n) is 3.02. The molecule has 1 heterocycles. The van der Waals surface area contributed by atoms with Gasteiger partial charge in [0, 0.05) is 12.2 Å². The third kappa shape index (κ3) is 3.23. The second-order valence-electron chi connectivity index (χ2n) is 4.51. The van der Waals surface area contributed by atoms with Crippen LogP contribution in [0.25, 0.3) is 0 Å². The molecular weight excluding hydrogens is 272 g/mol. The summed E-state index contributed by atoms with van der Waals surface area (Å²) < 4.78 is 26.5. The molecule has 0 aliphatic rings. The first kappa shape index (κ1) is 14.7. The van der Waals surface area contributed by atoms with Gasteiger partial charge in [0.1, 0.15) is 0 Å². The summed E-state index contributed by atoms with van der Waals surface area (Å²) in [5.74, 6) is 0. The molecule has 1 aromatic heterocycles. The number of hydrogen-bond acceptors (Lipinski definition) is 3. The van der Waals surface area contributed by atoms with E-state index >= 15 is 0 Å². The van der Waals surface area contributed by atoms with Crippen molar-refractivity contribution in [2.45, 2.75) is 25.3 Å². The summed E-state index contributed by atoms with van der Waals surface area (Å²) in [5.41, 5.74) is 1.64. The predicted molar refractivity (Wildman–Crippen MR) is 78.7 cm³/mol. The summed E-state index contributed by atoms with van der Waals surface area (Å²) in [4.78, 5) is 4.68. The zero-order chi connectivity index (χ0) is 14.6. The van der Waals surface area contributed by atoms with Gasteiger partial charge in [-0.3, -0.25) is 4.98 Å².